The van der Waals surface area contributed by atoms with E-state index in [9.17, 15) is 9.59 Å². The van der Waals surface area contributed by atoms with Crippen molar-refractivity contribution in [1.29, 1.82) is 0 Å². The molecule has 0 unspecified atom stereocenters. The maximum Gasteiger partial charge on any atom is 0.336 e. The molecule has 130 valence electrons. The Morgan fingerprint density at radius 3 is 2.42 bits per heavy atom. The molecular formula is C19H26N2O3. The summed E-state index contributed by atoms with van der Waals surface area (Å²) in [6.07, 6.45) is 0. The van der Waals surface area contributed by atoms with Crippen LogP contribution in [0.25, 0.3) is 11.0 Å². The van der Waals surface area contributed by atoms with Crippen molar-refractivity contribution in [2.45, 2.75) is 53.1 Å². The molecule has 0 aliphatic rings. The van der Waals surface area contributed by atoms with Gasteiger partial charge in [0.05, 0.1) is 6.54 Å². The van der Waals surface area contributed by atoms with Crippen molar-refractivity contribution in [3.05, 3.63) is 45.3 Å². The predicted molar refractivity (Wildman–Crippen MR) is 96.1 cm³/mol. The molecule has 0 bridgehead atoms. The maximum absolute atomic E-state index is 11.9. The van der Waals surface area contributed by atoms with Crippen LogP contribution in [0, 0.1) is 6.92 Å². The molecule has 0 saturated heterocycles. The summed E-state index contributed by atoms with van der Waals surface area (Å²) in [4.78, 5) is 25.2. The van der Waals surface area contributed by atoms with Crippen LogP contribution in [0.1, 0.15) is 50.3 Å². The average Bonchev–Trinajstić information content (AvgIpc) is 2.44. The van der Waals surface area contributed by atoms with E-state index in [0.29, 0.717) is 18.0 Å². The molecule has 2 N–H and O–H groups in total. The Labute approximate surface area is 142 Å². The van der Waals surface area contributed by atoms with Gasteiger partial charge in [0.2, 0.25) is 5.91 Å². The first-order valence-corrected chi connectivity index (χ1v) is 8.28. The van der Waals surface area contributed by atoms with Gasteiger partial charge in [-0.1, -0.05) is 13.8 Å². The summed E-state index contributed by atoms with van der Waals surface area (Å²) >= 11 is 0. The average molecular weight is 330 g/mol. The van der Waals surface area contributed by atoms with Crippen molar-refractivity contribution in [1.82, 2.24) is 4.90 Å². The summed E-state index contributed by atoms with van der Waals surface area (Å²) in [5, 5.41) is 0.916. The van der Waals surface area contributed by atoms with E-state index in [2.05, 4.69) is 19.9 Å². The first-order valence-electron chi connectivity index (χ1n) is 8.28. The number of nitrogens with zero attached hydrogens (tertiary/aromatic N) is 1. The molecule has 1 amide bonds. The summed E-state index contributed by atoms with van der Waals surface area (Å²) in [6, 6.07) is 5.66. The fourth-order valence-electron chi connectivity index (χ4n) is 2.98. The summed E-state index contributed by atoms with van der Waals surface area (Å²) in [6.45, 7) is 10.9. The highest BCUT2D eigenvalue weighted by molar-refractivity contribution is 5.82. The molecule has 0 spiro atoms. The lowest BCUT2D eigenvalue weighted by molar-refractivity contribution is -0.119. The molecular weight excluding hydrogens is 304 g/mol. The number of primary amides is 1. The van der Waals surface area contributed by atoms with Crippen LogP contribution < -0.4 is 11.4 Å². The fraction of sp³-hybridized carbons (Fsp3) is 0.474. The molecule has 0 saturated carbocycles. The van der Waals surface area contributed by atoms with Gasteiger partial charge >= 0.3 is 5.63 Å². The third kappa shape index (κ3) is 4.03. The minimum Gasteiger partial charge on any atom is -0.423 e. The second-order valence-electron chi connectivity index (χ2n) is 6.92. The van der Waals surface area contributed by atoms with Crippen LogP contribution in [0.15, 0.2) is 27.4 Å². The second-order valence-corrected chi connectivity index (χ2v) is 6.92. The number of rotatable bonds is 6. The van der Waals surface area contributed by atoms with Crippen molar-refractivity contribution in [3.8, 4) is 0 Å². The topological polar surface area (TPSA) is 76.5 Å². The summed E-state index contributed by atoms with van der Waals surface area (Å²) in [5.74, 6) is -0.00400. The van der Waals surface area contributed by atoms with E-state index in [0.717, 1.165) is 16.5 Å². The molecule has 0 fully saturated rings. The zero-order chi connectivity index (χ0) is 18.0. The van der Waals surface area contributed by atoms with Gasteiger partial charge in [0, 0.05) is 24.0 Å². The molecule has 1 aromatic heterocycles. The van der Waals surface area contributed by atoms with E-state index in [1.165, 1.54) is 11.6 Å². The molecule has 5 nitrogen and oxygen atoms in total. The van der Waals surface area contributed by atoms with Gasteiger partial charge in [0.1, 0.15) is 5.58 Å². The molecule has 5 heteroatoms. The smallest absolute Gasteiger partial charge is 0.336 e. The first kappa shape index (κ1) is 18.2. The van der Waals surface area contributed by atoms with E-state index in [1.54, 1.807) is 0 Å². The third-order valence-electron chi connectivity index (χ3n) is 4.30. The number of fused-ring (bicyclic) bond motifs is 1. The minimum absolute atomic E-state index is 0.134. The molecule has 0 atom stereocenters. The molecule has 1 aromatic carbocycles. The molecule has 2 aromatic rings. The quantitative estimate of drug-likeness (QED) is 0.826. The van der Waals surface area contributed by atoms with Crippen LogP contribution in [0.3, 0.4) is 0 Å². The molecule has 0 aliphatic carbocycles. The molecule has 0 aliphatic heterocycles. The lowest BCUT2D eigenvalue weighted by Gasteiger charge is -2.25. The van der Waals surface area contributed by atoms with Gasteiger partial charge in [-0.15, -0.1) is 0 Å². The van der Waals surface area contributed by atoms with Crippen molar-refractivity contribution in [3.63, 3.8) is 0 Å². The zero-order valence-corrected chi connectivity index (χ0v) is 15.1. The Morgan fingerprint density at radius 2 is 1.88 bits per heavy atom. The monoisotopic (exact) mass is 330 g/mol. The Bertz CT molecular complexity index is 806. The number of aryl methyl sites for hydroxylation is 1. The third-order valence-corrected chi connectivity index (χ3v) is 4.30. The highest BCUT2D eigenvalue weighted by atomic mass is 16.4. The number of hydrogen-bond acceptors (Lipinski definition) is 4. The minimum atomic E-state index is -0.380. The number of carbonyl (C=O) groups excluding carboxylic acids is 1. The Balaban J connectivity index is 2.57. The molecule has 1 heterocycles. The molecule has 0 radical (unpaired) electrons. The van der Waals surface area contributed by atoms with Crippen LogP contribution in [0.4, 0.5) is 0 Å². The maximum atomic E-state index is 11.9. The van der Waals surface area contributed by atoms with E-state index in [-0.39, 0.29) is 24.1 Å². The fourth-order valence-corrected chi connectivity index (χ4v) is 2.98. The number of amides is 1. The highest BCUT2D eigenvalue weighted by Crippen LogP contribution is 2.27. The second kappa shape index (κ2) is 7.18. The lowest BCUT2D eigenvalue weighted by Crippen LogP contribution is -2.38. The standard InChI is InChI=1S/C19H26N2O3/c1-11(2)15-8-16-14(9-21(12(3)4)10-18(20)22)7-19(23)24-17(16)6-13(15)5/h6-8,11-12H,9-10H2,1-5H3,(H2,20,22). The van der Waals surface area contributed by atoms with E-state index >= 15 is 0 Å². The Hall–Kier alpha value is -2.14. The molecule has 24 heavy (non-hydrogen) atoms. The summed E-state index contributed by atoms with van der Waals surface area (Å²) in [7, 11) is 0. The van der Waals surface area contributed by atoms with Gasteiger partial charge in [-0.2, -0.15) is 0 Å². The number of carbonyl (C=O) groups is 1. The Kier molecular flexibility index (Phi) is 5.44. The first-order chi connectivity index (χ1) is 11.2. The van der Waals surface area contributed by atoms with Gasteiger partial charge in [-0.3, -0.25) is 9.69 Å². The van der Waals surface area contributed by atoms with Crippen LogP contribution in [-0.4, -0.2) is 23.4 Å². The number of nitrogens with two attached hydrogens (primary N) is 1. The van der Waals surface area contributed by atoms with E-state index in [4.69, 9.17) is 10.2 Å². The zero-order valence-electron chi connectivity index (χ0n) is 15.1. The Morgan fingerprint density at radius 1 is 1.21 bits per heavy atom. The van der Waals surface area contributed by atoms with Crippen LogP contribution in [0.5, 0.6) is 0 Å². The molecule has 2 rings (SSSR count). The highest BCUT2D eigenvalue weighted by Gasteiger charge is 2.17. The summed E-state index contributed by atoms with van der Waals surface area (Å²) < 4.78 is 5.38. The number of benzene rings is 1. The lowest BCUT2D eigenvalue weighted by atomic mass is 9.94. The largest absolute Gasteiger partial charge is 0.423 e. The van der Waals surface area contributed by atoms with Gasteiger partial charge in [0.25, 0.3) is 0 Å². The van der Waals surface area contributed by atoms with Crippen molar-refractivity contribution in [2.24, 2.45) is 5.73 Å². The number of hydrogen-bond donors (Lipinski definition) is 1. The van der Waals surface area contributed by atoms with Crippen LogP contribution in [0.2, 0.25) is 0 Å². The van der Waals surface area contributed by atoms with Crippen LogP contribution in [-0.2, 0) is 11.3 Å². The predicted octanol–water partition coefficient (Wildman–Crippen LogP) is 2.92. The van der Waals surface area contributed by atoms with Crippen molar-refractivity contribution in [2.75, 3.05) is 6.54 Å². The SMILES string of the molecule is Cc1cc2oc(=O)cc(CN(CC(N)=O)C(C)C)c2cc1C(C)C. The van der Waals surface area contributed by atoms with E-state index in [1.807, 2.05) is 31.7 Å². The van der Waals surface area contributed by atoms with Crippen molar-refractivity contribution < 1.29 is 9.21 Å². The van der Waals surface area contributed by atoms with E-state index < -0.39 is 0 Å². The summed E-state index contributed by atoms with van der Waals surface area (Å²) in [5.41, 5.74) is 8.75. The van der Waals surface area contributed by atoms with Gasteiger partial charge in [-0.05, 0) is 55.5 Å². The normalized spacial score (nSPS) is 11.8. The van der Waals surface area contributed by atoms with Gasteiger partial charge in [0.15, 0.2) is 0 Å². The van der Waals surface area contributed by atoms with Gasteiger partial charge in [-0.25, -0.2) is 4.79 Å². The van der Waals surface area contributed by atoms with Gasteiger partial charge < -0.3 is 10.2 Å². The van der Waals surface area contributed by atoms with Crippen molar-refractivity contribution >= 4 is 16.9 Å². The van der Waals surface area contributed by atoms with Crippen LogP contribution >= 0.6 is 0 Å².